The molecule has 7 nitrogen and oxygen atoms in total. The van der Waals surface area contributed by atoms with E-state index in [9.17, 15) is 14.7 Å². The normalized spacial score (nSPS) is 11.5. The maximum absolute atomic E-state index is 13.5. The molecule has 1 N–H and O–H groups in total. The van der Waals surface area contributed by atoms with Crippen molar-refractivity contribution in [3.05, 3.63) is 55.2 Å². The molecule has 0 spiro atoms. The Morgan fingerprint density at radius 2 is 1.90 bits per heavy atom. The lowest BCUT2D eigenvalue weighted by Crippen LogP contribution is -2.44. The zero-order valence-corrected chi connectivity index (χ0v) is 20.1. The van der Waals surface area contributed by atoms with Crippen molar-refractivity contribution in [3.8, 4) is 0 Å². The molecule has 0 radical (unpaired) electrons. The van der Waals surface area contributed by atoms with Crippen molar-refractivity contribution < 1.29 is 9.67 Å². The Labute approximate surface area is 190 Å². The highest BCUT2D eigenvalue weighted by molar-refractivity contribution is 7.99. The van der Waals surface area contributed by atoms with Crippen molar-refractivity contribution in [3.63, 3.8) is 0 Å². The summed E-state index contributed by atoms with van der Waals surface area (Å²) in [5, 5.41) is 10.9. The second kappa shape index (κ2) is 10.1. The Kier molecular flexibility index (Phi) is 7.67. The Balaban J connectivity index is 2.36. The summed E-state index contributed by atoms with van der Waals surface area (Å²) in [6.45, 7) is 7.10. The number of aliphatic hydroxyl groups is 1. The molecule has 2 heterocycles. The standard InChI is InChI=1S/C22H30ClN4O3S/c1-5-12-31-22-24(4)19-18(27(22)14-16-8-9-17(23)13-15(16)3)20(29)26(10-7-11-28)21(30)25(19)6-2/h8-9,13,28H,5-7,10-12,14H2,1-4H3/q+1. The predicted octanol–water partition coefficient (Wildman–Crippen LogP) is 2.70. The lowest BCUT2D eigenvalue weighted by atomic mass is 10.1. The van der Waals surface area contributed by atoms with Crippen LogP contribution in [0.1, 0.15) is 37.8 Å². The maximum atomic E-state index is 13.5. The highest BCUT2D eigenvalue weighted by atomic mass is 35.5. The Morgan fingerprint density at radius 3 is 2.52 bits per heavy atom. The van der Waals surface area contributed by atoms with Gasteiger partial charge in [0.25, 0.3) is 10.8 Å². The first-order valence-corrected chi connectivity index (χ1v) is 12.0. The first-order chi connectivity index (χ1) is 14.8. The van der Waals surface area contributed by atoms with Gasteiger partial charge < -0.3 is 5.11 Å². The molecule has 0 fully saturated rings. The second-order valence-corrected chi connectivity index (χ2v) is 9.08. The van der Waals surface area contributed by atoms with E-state index in [4.69, 9.17) is 11.6 Å². The number of thioether (sulfide) groups is 1. The molecular weight excluding hydrogens is 436 g/mol. The molecule has 1 aromatic carbocycles. The fraction of sp³-hybridized carbons (Fsp3) is 0.500. The van der Waals surface area contributed by atoms with Gasteiger partial charge in [0.2, 0.25) is 5.52 Å². The molecule has 31 heavy (non-hydrogen) atoms. The van der Waals surface area contributed by atoms with E-state index in [0.29, 0.717) is 35.7 Å². The molecule has 0 bridgehead atoms. The van der Waals surface area contributed by atoms with Gasteiger partial charge in [-0.3, -0.25) is 4.79 Å². The number of halogens is 1. The van der Waals surface area contributed by atoms with Crippen molar-refractivity contribution in [1.82, 2.24) is 13.7 Å². The van der Waals surface area contributed by atoms with Crippen LogP contribution >= 0.6 is 23.4 Å². The molecule has 0 aliphatic rings. The smallest absolute Gasteiger partial charge is 0.389 e. The number of rotatable bonds is 9. The highest BCUT2D eigenvalue weighted by Gasteiger charge is 2.30. The van der Waals surface area contributed by atoms with Gasteiger partial charge in [0.05, 0.1) is 20.1 Å². The summed E-state index contributed by atoms with van der Waals surface area (Å²) in [5.74, 6) is 0.902. The number of aromatic nitrogens is 4. The van der Waals surface area contributed by atoms with Crippen LogP contribution in [0.5, 0.6) is 0 Å². The Hall–Kier alpha value is -2.03. The van der Waals surface area contributed by atoms with Gasteiger partial charge in [0.1, 0.15) is 0 Å². The molecule has 0 aliphatic heterocycles. The van der Waals surface area contributed by atoms with Crippen LogP contribution in [-0.2, 0) is 26.7 Å². The van der Waals surface area contributed by atoms with Crippen LogP contribution in [0.15, 0.2) is 32.9 Å². The van der Waals surface area contributed by atoms with Crippen LogP contribution in [0.25, 0.3) is 11.2 Å². The van der Waals surface area contributed by atoms with Crippen LogP contribution < -0.4 is 15.8 Å². The topological polar surface area (TPSA) is 73.0 Å². The summed E-state index contributed by atoms with van der Waals surface area (Å²) in [6, 6.07) is 5.76. The van der Waals surface area contributed by atoms with Crippen LogP contribution in [0.2, 0.25) is 5.02 Å². The second-order valence-electron chi connectivity index (χ2n) is 7.58. The van der Waals surface area contributed by atoms with Gasteiger partial charge in [-0.25, -0.2) is 23.1 Å². The van der Waals surface area contributed by atoms with E-state index in [1.807, 2.05) is 48.2 Å². The van der Waals surface area contributed by atoms with E-state index in [-0.39, 0.29) is 24.4 Å². The molecular formula is C22H30ClN4O3S+. The third-order valence-corrected chi connectivity index (χ3v) is 7.01. The fourth-order valence-electron chi connectivity index (χ4n) is 3.85. The Bertz CT molecular complexity index is 1210. The monoisotopic (exact) mass is 465 g/mol. The number of fused-ring (bicyclic) bond motifs is 1. The SMILES string of the molecule is CCCSc1n(Cc2ccc(Cl)cc2C)c2c(=O)n(CCCO)c(=O)n(CC)c2[n+]1C. The van der Waals surface area contributed by atoms with E-state index in [2.05, 4.69) is 6.92 Å². The van der Waals surface area contributed by atoms with Crippen molar-refractivity contribution >= 4 is 34.5 Å². The van der Waals surface area contributed by atoms with Gasteiger partial charge in [0, 0.05) is 23.9 Å². The summed E-state index contributed by atoms with van der Waals surface area (Å²) in [5.41, 5.74) is 2.60. The third-order valence-electron chi connectivity index (χ3n) is 5.41. The minimum absolute atomic E-state index is 0.0770. The lowest BCUT2D eigenvalue weighted by Gasteiger charge is -2.09. The average molecular weight is 466 g/mol. The van der Waals surface area contributed by atoms with Gasteiger partial charge in [-0.2, -0.15) is 0 Å². The molecule has 0 aliphatic carbocycles. The Morgan fingerprint density at radius 1 is 1.16 bits per heavy atom. The summed E-state index contributed by atoms with van der Waals surface area (Å²) >= 11 is 7.83. The van der Waals surface area contributed by atoms with Crippen LogP contribution in [-0.4, -0.2) is 31.2 Å². The molecule has 0 saturated heterocycles. The van der Waals surface area contributed by atoms with E-state index in [1.165, 1.54) is 4.57 Å². The van der Waals surface area contributed by atoms with Gasteiger partial charge in [-0.1, -0.05) is 36.4 Å². The van der Waals surface area contributed by atoms with Gasteiger partial charge >= 0.3 is 11.2 Å². The van der Waals surface area contributed by atoms with E-state index in [0.717, 1.165) is 28.5 Å². The summed E-state index contributed by atoms with van der Waals surface area (Å²) in [6.07, 6.45) is 1.35. The number of aliphatic hydroxyl groups excluding tert-OH is 1. The predicted molar refractivity (Wildman–Crippen MR) is 125 cm³/mol. The quantitative estimate of drug-likeness (QED) is 0.389. The van der Waals surface area contributed by atoms with Gasteiger partial charge in [0.15, 0.2) is 0 Å². The number of aryl methyl sites for hydroxylation is 3. The minimum atomic E-state index is -0.337. The third kappa shape index (κ3) is 4.47. The van der Waals surface area contributed by atoms with Crippen molar-refractivity contribution in [1.29, 1.82) is 0 Å². The van der Waals surface area contributed by atoms with Crippen molar-refractivity contribution in [2.24, 2.45) is 7.05 Å². The van der Waals surface area contributed by atoms with Crippen LogP contribution in [0, 0.1) is 6.92 Å². The molecule has 0 saturated carbocycles. The van der Waals surface area contributed by atoms with E-state index in [1.54, 1.807) is 16.3 Å². The van der Waals surface area contributed by atoms with Crippen LogP contribution in [0.3, 0.4) is 0 Å². The van der Waals surface area contributed by atoms with Crippen molar-refractivity contribution in [2.45, 2.75) is 58.4 Å². The number of nitrogens with zero attached hydrogens (tertiary/aromatic N) is 4. The first-order valence-electron chi connectivity index (χ1n) is 10.6. The minimum Gasteiger partial charge on any atom is -0.396 e. The fourth-order valence-corrected chi connectivity index (χ4v) is 5.06. The highest BCUT2D eigenvalue weighted by Crippen LogP contribution is 2.24. The largest absolute Gasteiger partial charge is 0.396 e. The maximum Gasteiger partial charge on any atom is 0.389 e. The summed E-state index contributed by atoms with van der Waals surface area (Å²) in [7, 11) is 1.91. The molecule has 9 heteroatoms. The average Bonchev–Trinajstić information content (AvgIpc) is 3.00. The summed E-state index contributed by atoms with van der Waals surface area (Å²) < 4.78 is 6.88. The van der Waals surface area contributed by atoms with E-state index >= 15 is 0 Å². The van der Waals surface area contributed by atoms with Gasteiger partial charge in [-0.15, -0.1) is 0 Å². The van der Waals surface area contributed by atoms with Crippen LogP contribution in [0.4, 0.5) is 0 Å². The first kappa shape index (κ1) is 23.6. The molecule has 3 aromatic rings. The summed E-state index contributed by atoms with van der Waals surface area (Å²) in [4.78, 5) is 26.6. The lowest BCUT2D eigenvalue weighted by molar-refractivity contribution is -0.688. The molecule has 2 aromatic heterocycles. The number of imidazole rings is 1. The number of benzene rings is 1. The van der Waals surface area contributed by atoms with Gasteiger partial charge in [-0.05, 0) is 49.9 Å². The molecule has 0 atom stereocenters. The molecule has 168 valence electrons. The van der Waals surface area contributed by atoms with E-state index < -0.39 is 0 Å². The molecule has 0 unspecified atom stereocenters. The zero-order valence-electron chi connectivity index (χ0n) is 18.5. The number of hydrogen-bond acceptors (Lipinski definition) is 4. The van der Waals surface area contributed by atoms with Crippen molar-refractivity contribution in [2.75, 3.05) is 12.4 Å². The number of hydrogen-bond donors (Lipinski definition) is 1. The zero-order chi connectivity index (χ0) is 22.7. The molecule has 3 rings (SSSR count). The molecule has 0 amide bonds.